The van der Waals surface area contributed by atoms with Gasteiger partial charge in [-0.1, -0.05) is 60.7 Å². The summed E-state index contributed by atoms with van der Waals surface area (Å²) >= 11 is 0. The van der Waals surface area contributed by atoms with Crippen LogP contribution in [0.25, 0.3) is 22.4 Å². The molecule has 28 heavy (non-hydrogen) atoms. The molecule has 0 aliphatic carbocycles. The lowest BCUT2D eigenvalue weighted by molar-refractivity contribution is -0.384. The molecule has 0 aliphatic rings. The van der Waals surface area contributed by atoms with Gasteiger partial charge >= 0.3 is 0 Å². The Hall–Kier alpha value is -3.66. The largest absolute Gasteiger partial charge is 0.340 e. The minimum Gasteiger partial charge on any atom is -0.340 e. The maximum atomic E-state index is 11.0. The highest BCUT2D eigenvalue weighted by Crippen LogP contribution is 2.33. The lowest BCUT2D eigenvalue weighted by Gasteiger charge is -2.12. The third-order valence-corrected chi connectivity index (χ3v) is 5.01. The van der Waals surface area contributed by atoms with E-state index in [9.17, 15) is 10.1 Å². The number of nitrogens with zero attached hydrogens (tertiary/aromatic N) is 2. The molecule has 0 aliphatic heterocycles. The van der Waals surface area contributed by atoms with Gasteiger partial charge < -0.3 is 4.57 Å². The molecule has 1 aromatic heterocycles. The molecule has 0 radical (unpaired) electrons. The molecule has 4 rings (SSSR count). The Morgan fingerprint density at radius 2 is 1.43 bits per heavy atom. The van der Waals surface area contributed by atoms with Crippen LogP contribution in [0.5, 0.6) is 0 Å². The lowest BCUT2D eigenvalue weighted by Crippen LogP contribution is -2.04. The third kappa shape index (κ3) is 3.45. The van der Waals surface area contributed by atoms with Gasteiger partial charge in [0.15, 0.2) is 0 Å². The van der Waals surface area contributed by atoms with Crippen LogP contribution < -0.4 is 0 Å². The zero-order valence-corrected chi connectivity index (χ0v) is 15.6. The maximum absolute atomic E-state index is 11.0. The normalized spacial score (nSPS) is 10.8. The molecule has 138 valence electrons. The molecule has 0 atom stereocenters. The summed E-state index contributed by atoms with van der Waals surface area (Å²) in [4.78, 5) is 10.6. The highest BCUT2D eigenvalue weighted by atomic mass is 16.6. The summed E-state index contributed by atoms with van der Waals surface area (Å²) in [6.45, 7) is 2.87. The fourth-order valence-electron chi connectivity index (χ4n) is 3.52. The van der Waals surface area contributed by atoms with Gasteiger partial charge in [0.1, 0.15) is 0 Å². The van der Waals surface area contributed by atoms with Gasteiger partial charge in [-0.25, -0.2) is 0 Å². The van der Waals surface area contributed by atoms with Gasteiger partial charge in [0.25, 0.3) is 5.69 Å². The van der Waals surface area contributed by atoms with Gasteiger partial charge in [0.2, 0.25) is 0 Å². The molecule has 0 saturated carbocycles. The van der Waals surface area contributed by atoms with Crippen molar-refractivity contribution in [2.75, 3.05) is 0 Å². The molecule has 0 amide bonds. The monoisotopic (exact) mass is 368 g/mol. The molecular formula is C24H20N2O2. The molecule has 0 unspecified atom stereocenters. The van der Waals surface area contributed by atoms with Crippen LogP contribution in [0.2, 0.25) is 0 Å². The number of aromatic nitrogens is 1. The van der Waals surface area contributed by atoms with Gasteiger partial charge in [0.05, 0.1) is 4.92 Å². The second-order valence-electron chi connectivity index (χ2n) is 6.77. The number of nitro groups is 1. The topological polar surface area (TPSA) is 48.1 Å². The summed E-state index contributed by atoms with van der Waals surface area (Å²) in [7, 11) is 0. The minimum absolute atomic E-state index is 0.102. The van der Waals surface area contributed by atoms with E-state index in [1.165, 1.54) is 16.8 Å². The summed E-state index contributed by atoms with van der Waals surface area (Å²) in [5.41, 5.74) is 6.83. The number of hydrogen-bond acceptors (Lipinski definition) is 2. The van der Waals surface area contributed by atoms with E-state index in [2.05, 4.69) is 41.8 Å². The molecule has 0 saturated heterocycles. The molecule has 1 heterocycles. The highest BCUT2D eigenvalue weighted by Gasteiger charge is 2.16. The van der Waals surface area contributed by atoms with Gasteiger partial charge in [-0.05, 0) is 41.8 Å². The predicted molar refractivity (Wildman–Crippen MR) is 112 cm³/mol. The Morgan fingerprint density at radius 3 is 2.04 bits per heavy atom. The van der Waals surface area contributed by atoms with E-state index in [0.29, 0.717) is 0 Å². The number of rotatable bonds is 5. The van der Waals surface area contributed by atoms with Crippen LogP contribution in [-0.4, -0.2) is 9.49 Å². The van der Waals surface area contributed by atoms with Crippen molar-refractivity contribution in [3.05, 3.63) is 112 Å². The Kier molecular flexibility index (Phi) is 4.77. The van der Waals surface area contributed by atoms with Gasteiger partial charge in [-0.3, -0.25) is 10.1 Å². The molecule has 0 spiro atoms. The van der Waals surface area contributed by atoms with E-state index in [1.807, 2.05) is 48.5 Å². The van der Waals surface area contributed by atoms with Crippen molar-refractivity contribution in [3.8, 4) is 22.4 Å². The molecular weight excluding hydrogens is 348 g/mol. The zero-order valence-electron chi connectivity index (χ0n) is 15.6. The van der Waals surface area contributed by atoms with Crippen molar-refractivity contribution in [3.63, 3.8) is 0 Å². The molecule has 4 heteroatoms. The lowest BCUT2D eigenvalue weighted by atomic mass is 10.1. The SMILES string of the molecule is Cc1c(-c2ccccc2)cc(-c2ccc([N+](=O)[O-])cc2)n1Cc1ccccc1. The Labute approximate surface area is 163 Å². The molecule has 3 aromatic carbocycles. The standard InChI is InChI=1S/C24H20N2O2/c1-18-23(20-10-6-3-7-11-20)16-24(21-12-14-22(15-13-21)26(27)28)25(18)17-19-8-4-2-5-9-19/h2-16H,17H2,1H3. The van der Waals surface area contributed by atoms with E-state index in [-0.39, 0.29) is 10.6 Å². The summed E-state index contributed by atoms with van der Waals surface area (Å²) in [6.07, 6.45) is 0. The van der Waals surface area contributed by atoms with Crippen molar-refractivity contribution in [1.29, 1.82) is 0 Å². The van der Waals surface area contributed by atoms with Crippen molar-refractivity contribution in [1.82, 2.24) is 4.57 Å². The fraction of sp³-hybridized carbons (Fsp3) is 0.0833. The number of non-ortho nitro benzene ring substituents is 1. The van der Waals surface area contributed by atoms with Crippen LogP contribution in [0.3, 0.4) is 0 Å². The second-order valence-corrected chi connectivity index (χ2v) is 6.77. The van der Waals surface area contributed by atoms with Crippen LogP contribution in [-0.2, 0) is 6.54 Å². The highest BCUT2D eigenvalue weighted by molar-refractivity contribution is 5.75. The molecule has 0 fully saturated rings. The van der Waals surface area contributed by atoms with Gasteiger partial charge in [-0.2, -0.15) is 0 Å². The van der Waals surface area contributed by atoms with E-state index in [1.54, 1.807) is 12.1 Å². The first-order valence-corrected chi connectivity index (χ1v) is 9.18. The summed E-state index contributed by atoms with van der Waals surface area (Å²) in [5.74, 6) is 0. The zero-order chi connectivity index (χ0) is 19.5. The van der Waals surface area contributed by atoms with Gasteiger partial charge in [0, 0.05) is 35.6 Å². The summed E-state index contributed by atoms with van der Waals surface area (Å²) < 4.78 is 2.28. The van der Waals surface area contributed by atoms with Gasteiger partial charge in [-0.15, -0.1) is 0 Å². The Balaban J connectivity index is 1.84. The summed E-state index contributed by atoms with van der Waals surface area (Å²) in [5, 5.41) is 11.0. The van der Waals surface area contributed by atoms with Crippen molar-refractivity contribution >= 4 is 5.69 Å². The first kappa shape index (κ1) is 17.7. The van der Waals surface area contributed by atoms with Crippen molar-refractivity contribution < 1.29 is 4.92 Å². The van der Waals surface area contributed by atoms with E-state index in [0.717, 1.165) is 23.4 Å². The van der Waals surface area contributed by atoms with E-state index in [4.69, 9.17) is 0 Å². The van der Waals surface area contributed by atoms with E-state index < -0.39 is 0 Å². The number of benzene rings is 3. The fourth-order valence-corrected chi connectivity index (χ4v) is 3.52. The summed E-state index contributed by atoms with van der Waals surface area (Å²) in [6, 6.07) is 29.6. The minimum atomic E-state index is -0.368. The molecule has 4 nitrogen and oxygen atoms in total. The molecule has 4 aromatic rings. The quantitative estimate of drug-likeness (QED) is 0.316. The number of hydrogen-bond donors (Lipinski definition) is 0. The molecule has 0 N–H and O–H groups in total. The molecule has 0 bridgehead atoms. The van der Waals surface area contributed by atoms with Crippen LogP contribution in [0.1, 0.15) is 11.3 Å². The van der Waals surface area contributed by atoms with Crippen molar-refractivity contribution in [2.24, 2.45) is 0 Å². The van der Waals surface area contributed by atoms with Crippen LogP contribution in [0, 0.1) is 17.0 Å². The smallest absolute Gasteiger partial charge is 0.269 e. The Bertz CT molecular complexity index is 1100. The third-order valence-electron chi connectivity index (χ3n) is 5.01. The second kappa shape index (κ2) is 7.53. The Morgan fingerprint density at radius 1 is 0.821 bits per heavy atom. The van der Waals surface area contributed by atoms with Crippen molar-refractivity contribution in [2.45, 2.75) is 13.5 Å². The predicted octanol–water partition coefficient (Wildman–Crippen LogP) is 6.09. The van der Waals surface area contributed by atoms with Crippen LogP contribution >= 0.6 is 0 Å². The van der Waals surface area contributed by atoms with Crippen LogP contribution in [0.15, 0.2) is 91.0 Å². The average Bonchev–Trinajstić information content (AvgIpc) is 3.06. The first-order chi connectivity index (χ1) is 13.6. The maximum Gasteiger partial charge on any atom is 0.269 e. The van der Waals surface area contributed by atoms with Crippen LogP contribution in [0.4, 0.5) is 5.69 Å². The van der Waals surface area contributed by atoms with E-state index >= 15 is 0 Å². The number of nitro benzene ring substituents is 1. The average molecular weight is 368 g/mol. The first-order valence-electron chi connectivity index (χ1n) is 9.18.